The predicted molar refractivity (Wildman–Crippen MR) is 98.5 cm³/mol. The molecule has 2 aromatic carbocycles. The quantitative estimate of drug-likeness (QED) is 0.842. The molecule has 0 bridgehead atoms. The van der Waals surface area contributed by atoms with Gasteiger partial charge in [0.25, 0.3) is 5.91 Å². The lowest BCUT2D eigenvalue weighted by Gasteiger charge is -2.23. The van der Waals surface area contributed by atoms with Crippen LogP contribution in [-0.4, -0.2) is 37.0 Å². The molecule has 0 aliphatic rings. The summed E-state index contributed by atoms with van der Waals surface area (Å²) < 4.78 is 5.14. The fourth-order valence-corrected chi connectivity index (χ4v) is 2.52. The summed E-state index contributed by atoms with van der Waals surface area (Å²) in [5, 5.41) is 2.77. The van der Waals surface area contributed by atoms with E-state index < -0.39 is 0 Å². The summed E-state index contributed by atoms with van der Waals surface area (Å²) in [5.74, 6) is -0.249. The minimum atomic E-state index is -0.159. The summed E-state index contributed by atoms with van der Waals surface area (Å²) in [5.41, 5.74) is 3.17. The van der Waals surface area contributed by atoms with E-state index in [1.54, 1.807) is 24.1 Å². The highest BCUT2D eigenvalue weighted by atomic mass is 16.5. The average Bonchev–Trinajstić information content (AvgIpc) is 2.60. The summed E-state index contributed by atoms with van der Waals surface area (Å²) in [6.45, 7) is 4.81. The molecule has 0 saturated heterocycles. The molecule has 0 spiro atoms. The van der Waals surface area contributed by atoms with Crippen molar-refractivity contribution >= 4 is 17.5 Å². The van der Waals surface area contributed by atoms with Crippen molar-refractivity contribution in [1.82, 2.24) is 4.90 Å². The van der Waals surface area contributed by atoms with Gasteiger partial charge in [-0.1, -0.05) is 36.4 Å². The van der Waals surface area contributed by atoms with Crippen LogP contribution >= 0.6 is 0 Å². The number of nitrogens with one attached hydrogen (secondary N) is 1. The van der Waals surface area contributed by atoms with E-state index in [1.165, 1.54) is 6.92 Å². The highest BCUT2D eigenvalue weighted by molar-refractivity contribution is 5.97. The van der Waals surface area contributed by atoms with Crippen molar-refractivity contribution < 1.29 is 14.3 Å². The van der Waals surface area contributed by atoms with Crippen LogP contribution < -0.4 is 5.32 Å². The van der Waals surface area contributed by atoms with Gasteiger partial charge in [-0.2, -0.15) is 0 Å². The monoisotopic (exact) mass is 340 g/mol. The first kappa shape index (κ1) is 18.7. The van der Waals surface area contributed by atoms with Crippen molar-refractivity contribution in [1.29, 1.82) is 0 Å². The predicted octanol–water partition coefficient (Wildman–Crippen LogP) is 3.24. The number of nitrogens with zero attached hydrogens (tertiary/aromatic N) is 1. The molecule has 0 atom stereocenters. The molecular weight excluding hydrogens is 316 g/mol. The van der Waals surface area contributed by atoms with Gasteiger partial charge in [0, 0.05) is 38.4 Å². The molecule has 0 radical (unpaired) electrons. The molecular formula is C20H24N2O3. The molecule has 5 nitrogen and oxygen atoms in total. The zero-order valence-electron chi connectivity index (χ0n) is 14.9. The number of hydrogen-bond donors (Lipinski definition) is 1. The van der Waals surface area contributed by atoms with Gasteiger partial charge in [-0.15, -0.1) is 0 Å². The minimum absolute atomic E-state index is 0.0903. The number of anilines is 1. The van der Waals surface area contributed by atoms with Crippen LogP contribution in [0, 0.1) is 6.92 Å². The van der Waals surface area contributed by atoms with Crippen LogP contribution in [0.25, 0.3) is 0 Å². The van der Waals surface area contributed by atoms with Gasteiger partial charge in [-0.25, -0.2) is 0 Å². The van der Waals surface area contributed by atoms with Gasteiger partial charge in [0.05, 0.1) is 6.61 Å². The standard InChI is InChI=1S/C20H24N2O3/c1-15-9-10-18(13-19(15)21-16(2)23)20(24)22(11-12-25-3)14-17-7-5-4-6-8-17/h4-10,13H,11-12,14H2,1-3H3,(H,21,23). The van der Waals surface area contributed by atoms with Crippen LogP contribution in [0.15, 0.2) is 48.5 Å². The van der Waals surface area contributed by atoms with Crippen molar-refractivity contribution in [3.63, 3.8) is 0 Å². The van der Waals surface area contributed by atoms with Crippen LogP contribution in [0.3, 0.4) is 0 Å². The van der Waals surface area contributed by atoms with E-state index >= 15 is 0 Å². The van der Waals surface area contributed by atoms with Crippen LogP contribution in [-0.2, 0) is 16.1 Å². The molecule has 25 heavy (non-hydrogen) atoms. The molecule has 1 N–H and O–H groups in total. The summed E-state index contributed by atoms with van der Waals surface area (Å²) in [7, 11) is 1.62. The maximum atomic E-state index is 13.0. The summed E-state index contributed by atoms with van der Waals surface area (Å²) in [6.07, 6.45) is 0. The summed E-state index contributed by atoms with van der Waals surface area (Å²) in [6, 6.07) is 15.2. The highest BCUT2D eigenvalue weighted by Gasteiger charge is 2.17. The van der Waals surface area contributed by atoms with Crippen molar-refractivity contribution in [3.8, 4) is 0 Å². The van der Waals surface area contributed by atoms with Gasteiger partial charge < -0.3 is 15.0 Å². The summed E-state index contributed by atoms with van der Waals surface area (Å²) >= 11 is 0. The number of methoxy groups -OCH3 is 1. The molecule has 132 valence electrons. The molecule has 2 rings (SSSR count). The van der Waals surface area contributed by atoms with E-state index in [0.717, 1.165) is 11.1 Å². The van der Waals surface area contributed by atoms with Crippen molar-refractivity contribution in [3.05, 3.63) is 65.2 Å². The number of carbonyl (C=O) groups is 2. The lowest BCUT2D eigenvalue weighted by Crippen LogP contribution is -2.33. The molecule has 2 aromatic rings. The Morgan fingerprint density at radius 1 is 1.12 bits per heavy atom. The number of amides is 2. The fraction of sp³-hybridized carbons (Fsp3) is 0.300. The van der Waals surface area contributed by atoms with Gasteiger partial charge in [0.2, 0.25) is 5.91 Å². The number of hydrogen-bond acceptors (Lipinski definition) is 3. The molecule has 0 aliphatic heterocycles. The Hall–Kier alpha value is -2.66. The molecule has 0 saturated carbocycles. The second-order valence-electron chi connectivity index (χ2n) is 5.92. The van der Waals surface area contributed by atoms with Gasteiger partial charge in [-0.05, 0) is 30.2 Å². The van der Waals surface area contributed by atoms with Crippen LogP contribution in [0.1, 0.15) is 28.4 Å². The first-order valence-electron chi connectivity index (χ1n) is 8.21. The maximum Gasteiger partial charge on any atom is 0.254 e. The lowest BCUT2D eigenvalue weighted by molar-refractivity contribution is -0.114. The molecule has 0 unspecified atom stereocenters. The maximum absolute atomic E-state index is 13.0. The van der Waals surface area contributed by atoms with Gasteiger partial charge in [-0.3, -0.25) is 9.59 Å². The SMILES string of the molecule is COCCN(Cc1ccccc1)C(=O)c1ccc(C)c(NC(C)=O)c1. The number of aryl methyl sites for hydroxylation is 1. The van der Waals surface area contributed by atoms with Gasteiger partial charge >= 0.3 is 0 Å². The highest BCUT2D eigenvalue weighted by Crippen LogP contribution is 2.19. The van der Waals surface area contributed by atoms with Crippen LogP contribution in [0.5, 0.6) is 0 Å². The molecule has 5 heteroatoms. The van der Waals surface area contributed by atoms with E-state index in [-0.39, 0.29) is 11.8 Å². The topological polar surface area (TPSA) is 58.6 Å². The van der Waals surface area contributed by atoms with Gasteiger partial charge in [0.15, 0.2) is 0 Å². The third kappa shape index (κ3) is 5.43. The Morgan fingerprint density at radius 3 is 2.48 bits per heavy atom. The summed E-state index contributed by atoms with van der Waals surface area (Å²) in [4.78, 5) is 26.1. The zero-order chi connectivity index (χ0) is 18.2. The van der Waals surface area contributed by atoms with E-state index in [2.05, 4.69) is 5.32 Å². The Balaban J connectivity index is 2.24. The normalized spacial score (nSPS) is 10.4. The van der Waals surface area contributed by atoms with E-state index in [4.69, 9.17) is 4.74 Å². The van der Waals surface area contributed by atoms with E-state index in [1.807, 2.05) is 43.3 Å². The van der Waals surface area contributed by atoms with Gasteiger partial charge in [0.1, 0.15) is 0 Å². The number of rotatable bonds is 7. The third-order valence-electron chi connectivity index (χ3n) is 3.86. The zero-order valence-corrected chi connectivity index (χ0v) is 14.9. The molecule has 2 amide bonds. The molecule has 0 aliphatic carbocycles. The van der Waals surface area contributed by atoms with Crippen molar-refractivity contribution in [2.45, 2.75) is 20.4 Å². The Labute approximate surface area is 148 Å². The minimum Gasteiger partial charge on any atom is -0.383 e. The number of benzene rings is 2. The van der Waals surface area contributed by atoms with E-state index in [0.29, 0.717) is 30.9 Å². The lowest BCUT2D eigenvalue weighted by atomic mass is 10.1. The van der Waals surface area contributed by atoms with Crippen molar-refractivity contribution in [2.75, 3.05) is 25.6 Å². The average molecular weight is 340 g/mol. The van der Waals surface area contributed by atoms with Crippen LogP contribution in [0.4, 0.5) is 5.69 Å². The number of ether oxygens (including phenoxy) is 1. The molecule has 0 heterocycles. The third-order valence-corrected chi connectivity index (χ3v) is 3.86. The Morgan fingerprint density at radius 2 is 1.84 bits per heavy atom. The number of carbonyl (C=O) groups excluding carboxylic acids is 2. The first-order valence-corrected chi connectivity index (χ1v) is 8.21. The van der Waals surface area contributed by atoms with Crippen molar-refractivity contribution in [2.24, 2.45) is 0 Å². The smallest absolute Gasteiger partial charge is 0.254 e. The largest absolute Gasteiger partial charge is 0.383 e. The fourth-order valence-electron chi connectivity index (χ4n) is 2.52. The molecule has 0 aromatic heterocycles. The molecule has 0 fully saturated rings. The second-order valence-corrected chi connectivity index (χ2v) is 5.92. The second kappa shape index (κ2) is 8.99. The van der Waals surface area contributed by atoms with E-state index in [9.17, 15) is 9.59 Å². The Bertz CT molecular complexity index is 729. The van der Waals surface area contributed by atoms with Crippen LogP contribution in [0.2, 0.25) is 0 Å². The Kier molecular flexibility index (Phi) is 6.71. The first-order chi connectivity index (χ1) is 12.0.